The number of hydrogen-bond acceptors (Lipinski definition) is 4. The molecule has 0 aliphatic heterocycles. The molecule has 0 aliphatic carbocycles. The molecular formula is C12H6NO3S-. The number of benzene rings is 1. The Morgan fingerprint density at radius 1 is 1.24 bits per heavy atom. The predicted octanol–water partition coefficient (Wildman–Crippen LogP) is 1.11. The van der Waals surface area contributed by atoms with Crippen molar-refractivity contribution in [3.63, 3.8) is 0 Å². The number of carboxylic acid groups (broad SMARTS) is 1. The number of aromatic carboxylic acids is 1. The van der Waals surface area contributed by atoms with Crippen molar-refractivity contribution >= 4 is 38.3 Å². The highest BCUT2D eigenvalue weighted by Crippen LogP contribution is 2.28. The lowest BCUT2D eigenvalue weighted by Gasteiger charge is -1.97. The molecule has 4 nitrogen and oxygen atoms in total. The Balaban J connectivity index is 2.56. The summed E-state index contributed by atoms with van der Waals surface area (Å²) in [7, 11) is 0. The Hall–Kier alpha value is -2.14. The monoisotopic (exact) mass is 244 g/mol. The number of pyridine rings is 1. The van der Waals surface area contributed by atoms with Crippen LogP contribution in [0.1, 0.15) is 9.67 Å². The Bertz CT molecular complexity index is 800. The Labute approximate surface area is 99.1 Å². The van der Waals surface area contributed by atoms with Gasteiger partial charge in [0.2, 0.25) is 0 Å². The molecule has 1 aromatic carbocycles. The number of thiophene rings is 1. The van der Waals surface area contributed by atoms with Crippen LogP contribution in [-0.4, -0.2) is 11.0 Å². The molecule has 0 saturated heterocycles. The lowest BCUT2D eigenvalue weighted by molar-refractivity contribution is -0.254. The molecule has 0 atom stereocenters. The van der Waals surface area contributed by atoms with Gasteiger partial charge >= 0.3 is 0 Å². The summed E-state index contributed by atoms with van der Waals surface area (Å²) in [5, 5.41) is 12.0. The molecule has 0 bridgehead atoms. The van der Waals surface area contributed by atoms with Gasteiger partial charge in [-0.05, 0) is 12.1 Å². The number of H-pyrrole nitrogens is 1. The maximum absolute atomic E-state index is 11.8. The highest BCUT2D eigenvalue weighted by molar-refractivity contribution is 7.21. The Morgan fingerprint density at radius 2 is 2.00 bits per heavy atom. The lowest BCUT2D eigenvalue weighted by atomic mass is 10.2. The van der Waals surface area contributed by atoms with Crippen LogP contribution in [-0.2, 0) is 0 Å². The largest absolute Gasteiger partial charge is 0.544 e. The van der Waals surface area contributed by atoms with E-state index in [1.165, 1.54) is 6.07 Å². The van der Waals surface area contributed by atoms with E-state index in [-0.39, 0.29) is 10.4 Å². The van der Waals surface area contributed by atoms with Crippen LogP contribution in [0.15, 0.2) is 35.1 Å². The third kappa shape index (κ3) is 1.43. The first-order valence-corrected chi connectivity index (χ1v) is 5.74. The molecule has 84 valence electrons. The number of nitrogens with one attached hydrogen (secondary N) is 1. The van der Waals surface area contributed by atoms with Gasteiger partial charge in [0.25, 0.3) is 5.56 Å². The molecular weight excluding hydrogens is 238 g/mol. The number of carbonyl (C=O) groups is 1. The fourth-order valence-corrected chi connectivity index (χ4v) is 2.87. The van der Waals surface area contributed by atoms with Crippen molar-refractivity contribution in [3.8, 4) is 0 Å². The average Bonchev–Trinajstić information content (AvgIpc) is 2.75. The zero-order valence-electron chi connectivity index (χ0n) is 8.52. The second-order valence-corrected chi connectivity index (χ2v) is 4.69. The summed E-state index contributed by atoms with van der Waals surface area (Å²) in [5.74, 6) is -1.25. The zero-order valence-corrected chi connectivity index (χ0v) is 9.34. The molecule has 1 N–H and O–H groups in total. The van der Waals surface area contributed by atoms with Crippen molar-refractivity contribution in [2.24, 2.45) is 0 Å². The predicted molar refractivity (Wildman–Crippen MR) is 64.3 cm³/mol. The van der Waals surface area contributed by atoms with E-state index in [1.54, 1.807) is 6.07 Å². The number of aromatic amines is 1. The fourth-order valence-electron chi connectivity index (χ4n) is 1.84. The lowest BCUT2D eigenvalue weighted by Crippen LogP contribution is -2.20. The Morgan fingerprint density at radius 3 is 2.76 bits per heavy atom. The fraction of sp³-hybridized carbons (Fsp3) is 0. The summed E-state index contributed by atoms with van der Waals surface area (Å²) in [6.45, 7) is 0. The summed E-state index contributed by atoms with van der Waals surface area (Å²) in [6, 6.07) is 8.66. The van der Waals surface area contributed by atoms with Gasteiger partial charge < -0.3 is 14.9 Å². The molecule has 0 spiro atoms. The van der Waals surface area contributed by atoms with Gasteiger partial charge in [0, 0.05) is 15.6 Å². The molecule has 0 aliphatic rings. The standard InChI is InChI=1S/C12H7NO3S/c14-11-7-5-9(12(15)16)17-10(7)6-3-1-2-4-8(6)13-11/h1-5H,(H,13,14)(H,15,16)/p-1. The molecule has 0 amide bonds. The third-order valence-corrected chi connectivity index (χ3v) is 3.75. The number of aromatic nitrogens is 1. The smallest absolute Gasteiger partial charge is 0.257 e. The summed E-state index contributed by atoms with van der Waals surface area (Å²) in [5.41, 5.74) is 0.430. The van der Waals surface area contributed by atoms with Crippen molar-refractivity contribution in [2.75, 3.05) is 0 Å². The number of rotatable bonds is 1. The van der Waals surface area contributed by atoms with E-state index in [2.05, 4.69) is 4.98 Å². The molecule has 2 heterocycles. The van der Waals surface area contributed by atoms with Gasteiger partial charge in [-0.3, -0.25) is 4.79 Å². The van der Waals surface area contributed by atoms with Gasteiger partial charge in [-0.1, -0.05) is 18.2 Å². The molecule has 0 fully saturated rings. The van der Waals surface area contributed by atoms with E-state index in [4.69, 9.17) is 0 Å². The number of carboxylic acids is 1. The normalized spacial score (nSPS) is 11.1. The van der Waals surface area contributed by atoms with E-state index < -0.39 is 5.97 Å². The first kappa shape index (κ1) is 10.0. The van der Waals surface area contributed by atoms with Crippen molar-refractivity contribution < 1.29 is 9.90 Å². The second-order valence-electron chi connectivity index (χ2n) is 3.64. The molecule has 0 unspecified atom stereocenters. The molecule has 3 aromatic rings. The number of fused-ring (bicyclic) bond motifs is 3. The van der Waals surface area contributed by atoms with Gasteiger partial charge in [0.15, 0.2) is 0 Å². The van der Waals surface area contributed by atoms with E-state index in [0.29, 0.717) is 15.6 Å². The minimum atomic E-state index is -1.25. The summed E-state index contributed by atoms with van der Waals surface area (Å²) < 4.78 is 0.684. The van der Waals surface area contributed by atoms with Gasteiger partial charge in [-0.15, -0.1) is 11.3 Å². The zero-order chi connectivity index (χ0) is 12.0. The van der Waals surface area contributed by atoms with Crippen LogP contribution in [0, 0.1) is 0 Å². The quantitative estimate of drug-likeness (QED) is 0.696. The topological polar surface area (TPSA) is 73.0 Å². The van der Waals surface area contributed by atoms with Gasteiger partial charge in [0.05, 0.1) is 16.2 Å². The van der Waals surface area contributed by atoms with Crippen LogP contribution in [0.5, 0.6) is 0 Å². The number of para-hydroxylation sites is 1. The third-order valence-electron chi connectivity index (χ3n) is 2.60. The summed E-state index contributed by atoms with van der Waals surface area (Å²) in [6.07, 6.45) is 0. The molecule has 3 rings (SSSR count). The summed E-state index contributed by atoms with van der Waals surface area (Å²) >= 11 is 1.07. The van der Waals surface area contributed by atoms with Crippen LogP contribution < -0.4 is 10.7 Å². The van der Waals surface area contributed by atoms with E-state index in [0.717, 1.165) is 16.7 Å². The van der Waals surface area contributed by atoms with Crippen LogP contribution in [0.25, 0.3) is 21.0 Å². The maximum atomic E-state index is 11.8. The maximum Gasteiger partial charge on any atom is 0.257 e. The second kappa shape index (κ2) is 3.43. The van der Waals surface area contributed by atoms with E-state index in [9.17, 15) is 14.7 Å². The average molecular weight is 244 g/mol. The van der Waals surface area contributed by atoms with Crippen molar-refractivity contribution in [1.29, 1.82) is 0 Å². The van der Waals surface area contributed by atoms with Gasteiger partial charge in [-0.25, -0.2) is 0 Å². The van der Waals surface area contributed by atoms with E-state index in [1.807, 2.05) is 18.2 Å². The van der Waals surface area contributed by atoms with Crippen LogP contribution in [0.4, 0.5) is 0 Å². The van der Waals surface area contributed by atoms with Crippen LogP contribution in [0.3, 0.4) is 0 Å². The van der Waals surface area contributed by atoms with E-state index >= 15 is 0 Å². The molecule has 17 heavy (non-hydrogen) atoms. The molecule has 2 aromatic heterocycles. The highest BCUT2D eigenvalue weighted by Gasteiger charge is 2.09. The van der Waals surface area contributed by atoms with Crippen molar-refractivity contribution in [1.82, 2.24) is 4.98 Å². The molecule has 5 heteroatoms. The molecule has 0 radical (unpaired) electrons. The Kier molecular flexibility index (Phi) is 2.02. The van der Waals surface area contributed by atoms with Gasteiger partial charge in [-0.2, -0.15) is 0 Å². The first-order valence-electron chi connectivity index (χ1n) is 4.93. The van der Waals surface area contributed by atoms with Crippen LogP contribution >= 0.6 is 11.3 Å². The number of hydrogen-bond donors (Lipinski definition) is 1. The number of carbonyl (C=O) groups excluding carboxylic acids is 1. The minimum absolute atomic E-state index is 0.0712. The minimum Gasteiger partial charge on any atom is -0.544 e. The highest BCUT2D eigenvalue weighted by atomic mass is 32.1. The first-order chi connectivity index (χ1) is 8.16. The SMILES string of the molecule is O=C([O-])c1cc2c(=O)[nH]c3ccccc3c2s1. The van der Waals surface area contributed by atoms with Crippen LogP contribution in [0.2, 0.25) is 0 Å². The van der Waals surface area contributed by atoms with Crippen molar-refractivity contribution in [2.45, 2.75) is 0 Å². The van der Waals surface area contributed by atoms with Gasteiger partial charge in [0.1, 0.15) is 0 Å². The summed E-state index contributed by atoms with van der Waals surface area (Å²) in [4.78, 5) is 25.4. The molecule has 0 saturated carbocycles. The van der Waals surface area contributed by atoms with Crippen molar-refractivity contribution in [3.05, 3.63) is 45.6 Å².